The Morgan fingerprint density at radius 2 is 1.88 bits per heavy atom. The zero-order valence-electron chi connectivity index (χ0n) is 14.2. The number of hydrogen-bond donors (Lipinski definition) is 2. The molecule has 0 bridgehead atoms. The summed E-state index contributed by atoms with van der Waals surface area (Å²) in [5, 5.41) is 7.68. The van der Waals surface area contributed by atoms with Gasteiger partial charge in [0.15, 0.2) is 5.96 Å². The Bertz CT molecular complexity index is 640. The molecule has 1 aliphatic rings. The van der Waals surface area contributed by atoms with Crippen LogP contribution in [0.4, 0.5) is 0 Å². The number of benzene rings is 1. The monoisotopic (exact) mass is 325 g/mol. The summed E-state index contributed by atoms with van der Waals surface area (Å²) in [5.74, 6) is 0.566. The highest BCUT2D eigenvalue weighted by atomic mass is 15.3. The SMILES string of the molecule is NC(=NCc1ccccc1Cn1cccn1)NC1CCCCCC1. The topological polar surface area (TPSA) is 68.2 Å². The molecule has 0 saturated heterocycles. The zero-order chi connectivity index (χ0) is 16.6. The molecule has 1 saturated carbocycles. The van der Waals surface area contributed by atoms with Gasteiger partial charge in [0, 0.05) is 18.4 Å². The van der Waals surface area contributed by atoms with Crippen LogP contribution in [0.2, 0.25) is 0 Å². The quantitative estimate of drug-likeness (QED) is 0.504. The Morgan fingerprint density at radius 3 is 2.58 bits per heavy atom. The molecule has 1 aliphatic carbocycles. The van der Waals surface area contributed by atoms with Gasteiger partial charge >= 0.3 is 0 Å². The molecule has 1 aromatic heterocycles. The normalized spacial score (nSPS) is 16.8. The number of nitrogens with two attached hydrogens (primary N) is 1. The first-order chi connectivity index (χ1) is 11.8. The number of rotatable bonds is 5. The molecule has 1 heterocycles. The van der Waals surface area contributed by atoms with E-state index in [2.05, 4.69) is 33.6 Å². The Labute approximate surface area is 144 Å². The molecule has 0 amide bonds. The first-order valence-electron chi connectivity index (χ1n) is 8.92. The van der Waals surface area contributed by atoms with E-state index < -0.39 is 0 Å². The van der Waals surface area contributed by atoms with E-state index in [-0.39, 0.29) is 0 Å². The number of nitrogens with one attached hydrogen (secondary N) is 1. The van der Waals surface area contributed by atoms with E-state index in [1.54, 1.807) is 6.20 Å². The number of aromatic nitrogens is 2. The zero-order valence-corrected chi connectivity index (χ0v) is 14.2. The van der Waals surface area contributed by atoms with E-state index in [1.165, 1.54) is 49.7 Å². The van der Waals surface area contributed by atoms with Gasteiger partial charge in [-0.25, -0.2) is 4.99 Å². The molecule has 0 unspecified atom stereocenters. The van der Waals surface area contributed by atoms with Crippen LogP contribution in [-0.4, -0.2) is 21.8 Å². The minimum absolute atomic E-state index is 0.482. The van der Waals surface area contributed by atoms with Crippen molar-refractivity contribution in [3.05, 3.63) is 53.9 Å². The summed E-state index contributed by atoms with van der Waals surface area (Å²) in [6.07, 6.45) is 11.4. The summed E-state index contributed by atoms with van der Waals surface area (Å²) in [6.45, 7) is 1.36. The van der Waals surface area contributed by atoms with Crippen molar-refractivity contribution in [3.8, 4) is 0 Å². The number of guanidine groups is 1. The van der Waals surface area contributed by atoms with E-state index in [4.69, 9.17) is 5.73 Å². The Morgan fingerprint density at radius 1 is 1.12 bits per heavy atom. The minimum atomic E-state index is 0.482. The maximum absolute atomic E-state index is 6.11. The number of nitrogens with zero attached hydrogens (tertiary/aromatic N) is 3. The molecule has 0 radical (unpaired) electrons. The molecule has 0 spiro atoms. The van der Waals surface area contributed by atoms with Gasteiger partial charge in [0.2, 0.25) is 0 Å². The largest absolute Gasteiger partial charge is 0.370 e. The summed E-state index contributed by atoms with van der Waals surface area (Å²) in [5.41, 5.74) is 8.53. The third kappa shape index (κ3) is 4.85. The molecule has 0 aliphatic heterocycles. The highest BCUT2D eigenvalue weighted by Gasteiger charge is 2.12. The van der Waals surface area contributed by atoms with Crippen molar-refractivity contribution in [2.24, 2.45) is 10.7 Å². The molecular formula is C19H27N5. The Hall–Kier alpha value is -2.30. The first-order valence-corrected chi connectivity index (χ1v) is 8.92. The second-order valence-electron chi connectivity index (χ2n) is 6.51. The second kappa shape index (κ2) is 8.52. The van der Waals surface area contributed by atoms with Crippen LogP contribution in [0.15, 0.2) is 47.7 Å². The average molecular weight is 325 g/mol. The van der Waals surface area contributed by atoms with Gasteiger partial charge in [-0.05, 0) is 30.0 Å². The fraction of sp³-hybridized carbons (Fsp3) is 0.474. The second-order valence-corrected chi connectivity index (χ2v) is 6.51. The predicted molar refractivity (Wildman–Crippen MR) is 97.7 cm³/mol. The van der Waals surface area contributed by atoms with Gasteiger partial charge in [0.25, 0.3) is 0 Å². The van der Waals surface area contributed by atoms with Gasteiger partial charge < -0.3 is 11.1 Å². The molecular weight excluding hydrogens is 298 g/mol. The fourth-order valence-electron chi connectivity index (χ4n) is 3.28. The summed E-state index contributed by atoms with van der Waals surface area (Å²) in [4.78, 5) is 4.56. The highest BCUT2D eigenvalue weighted by molar-refractivity contribution is 5.78. The predicted octanol–water partition coefficient (Wildman–Crippen LogP) is 3.06. The number of hydrogen-bond acceptors (Lipinski definition) is 2. The standard InChI is InChI=1S/C19H27N5/c20-19(23-18-10-3-1-2-4-11-18)21-14-16-8-5-6-9-17(16)15-24-13-7-12-22-24/h5-9,12-13,18H,1-4,10-11,14-15H2,(H3,20,21,23). The van der Waals surface area contributed by atoms with Crippen LogP contribution in [-0.2, 0) is 13.1 Å². The lowest BCUT2D eigenvalue weighted by Gasteiger charge is -2.17. The molecule has 2 aromatic rings. The summed E-state index contributed by atoms with van der Waals surface area (Å²) in [7, 11) is 0. The highest BCUT2D eigenvalue weighted by Crippen LogP contribution is 2.17. The molecule has 0 atom stereocenters. The molecule has 1 aromatic carbocycles. The van der Waals surface area contributed by atoms with Crippen molar-refractivity contribution in [1.82, 2.24) is 15.1 Å². The summed E-state index contributed by atoms with van der Waals surface area (Å²) in [6, 6.07) is 10.8. The van der Waals surface area contributed by atoms with Gasteiger partial charge in [-0.2, -0.15) is 5.10 Å². The van der Waals surface area contributed by atoms with Crippen LogP contribution >= 0.6 is 0 Å². The fourth-order valence-corrected chi connectivity index (χ4v) is 3.28. The van der Waals surface area contributed by atoms with Crippen molar-refractivity contribution >= 4 is 5.96 Å². The van der Waals surface area contributed by atoms with Crippen LogP contribution in [0.1, 0.15) is 49.7 Å². The van der Waals surface area contributed by atoms with Crippen molar-refractivity contribution in [2.75, 3.05) is 0 Å². The summed E-state index contributed by atoms with van der Waals surface area (Å²) < 4.78 is 1.93. The van der Waals surface area contributed by atoms with Crippen LogP contribution in [0.25, 0.3) is 0 Å². The maximum atomic E-state index is 6.11. The molecule has 24 heavy (non-hydrogen) atoms. The average Bonchev–Trinajstić information content (AvgIpc) is 2.97. The minimum Gasteiger partial charge on any atom is -0.370 e. The van der Waals surface area contributed by atoms with Crippen molar-refractivity contribution in [1.29, 1.82) is 0 Å². The van der Waals surface area contributed by atoms with Crippen molar-refractivity contribution in [3.63, 3.8) is 0 Å². The lowest BCUT2D eigenvalue weighted by molar-refractivity contribution is 0.530. The van der Waals surface area contributed by atoms with E-state index in [9.17, 15) is 0 Å². The Kier molecular flexibility index (Phi) is 5.88. The van der Waals surface area contributed by atoms with E-state index >= 15 is 0 Å². The summed E-state index contributed by atoms with van der Waals surface area (Å²) >= 11 is 0. The van der Waals surface area contributed by atoms with E-state index in [1.807, 2.05) is 23.0 Å². The van der Waals surface area contributed by atoms with Gasteiger partial charge in [-0.3, -0.25) is 4.68 Å². The number of aliphatic imine (C=N–C) groups is 1. The molecule has 3 N–H and O–H groups in total. The smallest absolute Gasteiger partial charge is 0.189 e. The molecule has 128 valence electrons. The third-order valence-electron chi connectivity index (χ3n) is 4.64. The third-order valence-corrected chi connectivity index (χ3v) is 4.64. The van der Waals surface area contributed by atoms with Gasteiger partial charge in [-0.1, -0.05) is 49.9 Å². The van der Waals surface area contributed by atoms with E-state index in [0.29, 0.717) is 18.5 Å². The van der Waals surface area contributed by atoms with Gasteiger partial charge in [-0.15, -0.1) is 0 Å². The van der Waals surface area contributed by atoms with Crippen LogP contribution in [0, 0.1) is 0 Å². The molecule has 5 heteroatoms. The van der Waals surface area contributed by atoms with Gasteiger partial charge in [0.05, 0.1) is 13.1 Å². The molecule has 1 fully saturated rings. The van der Waals surface area contributed by atoms with Crippen LogP contribution in [0.5, 0.6) is 0 Å². The maximum Gasteiger partial charge on any atom is 0.189 e. The van der Waals surface area contributed by atoms with Gasteiger partial charge in [0.1, 0.15) is 0 Å². The van der Waals surface area contributed by atoms with E-state index in [0.717, 1.165) is 6.54 Å². The van der Waals surface area contributed by atoms with Crippen LogP contribution < -0.4 is 11.1 Å². The lowest BCUT2D eigenvalue weighted by atomic mass is 10.1. The van der Waals surface area contributed by atoms with Crippen molar-refractivity contribution in [2.45, 2.75) is 57.7 Å². The molecule has 3 rings (SSSR count). The Balaban J connectivity index is 1.60. The lowest BCUT2D eigenvalue weighted by Crippen LogP contribution is -2.39. The van der Waals surface area contributed by atoms with Crippen molar-refractivity contribution < 1.29 is 0 Å². The van der Waals surface area contributed by atoms with Crippen LogP contribution in [0.3, 0.4) is 0 Å². The first kappa shape index (κ1) is 16.6. The molecule has 5 nitrogen and oxygen atoms in total.